The Hall–Kier alpha value is -2.60. The number of aryl methyl sites for hydroxylation is 2. The maximum Gasteiger partial charge on any atom is 0.233 e. The number of rotatable bonds is 6. The van der Waals surface area contributed by atoms with E-state index in [1.165, 1.54) is 17.3 Å². The molecule has 0 spiro atoms. The van der Waals surface area contributed by atoms with Gasteiger partial charge in [-0.05, 0) is 38.5 Å². The fraction of sp³-hybridized carbons (Fsp3) is 0.250. The van der Waals surface area contributed by atoms with Gasteiger partial charge in [0.25, 0.3) is 0 Å². The van der Waals surface area contributed by atoms with Crippen LogP contribution in [0.3, 0.4) is 0 Å². The van der Waals surface area contributed by atoms with Gasteiger partial charge < -0.3 is 5.32 Å². The minimum Gasteiger partial charge on any atom is -0.351 e. The molecule has 1 heterocycles. The van der Waals surface area contributed by atoms with Crippen LogP contribution < -0.4 is 5.32 Å². The second-order valence-electron chi connectivity index (χ2n) is 6.16. The molecular formula is C20H22N4OS. The highest BCUT2D eigenvalue weighted by Gasteiger charge is 2.19. The Morgan fingerprint density at radius 3 is 2.46 bits per heavy atom. The van der Waals surface area contributed by atoms with E-state index in [9.17, 15) is 4.79 Å². The van der Waals surface area contributed by atoms with Crippen LogP contribution in [0.15, 0.2) is 59.8 Å². The van der Waals surface area contributed by atoms with E-state index in [-0.39, 0.29) is 11.2 Å². The molecule has 1 N–H and O–H groups in total. The van der Waals surface area contributed by atoms with Crippen LogP contribution in [0.4, 0.5) is 0 Å². The van der Waals surface area contributed by atoms with Crippen molar-refractivity contribution in [1.29, 1.82) is 0 Å². The number of para-hydroxylation sites is 1. The molecule has 0 unspecified atom stereocenters. The summed E-state index contributed by atoms with van der Waals surface area (Å²) in [6.07, 6.45) is 0. The molecule has 1 aromatic heterocycles. The van der Waals surface area contributed by atoms with Gasteiger partial charge in [0.1, 0.15) is 5.82 Å². The first-order valence-electron chi connectivity index (χ1n) is 8.52. The van der Waals surface area contributed by atoms with Gasteiger partial charge in [0.15, 0.2) is 5.16 Å². The molecule has 3 aromatic rings. The van der Waals surface area contributed by atoms with Gasteiger partial charge in [-0.3, -0.25) is 9.36 Å². The first-order valence-corrected chi connectivity index (χ1v) is 9.40. The van der Waals surface area contributed by atoms with Crippen LogP contribution in [0.25, 0.3) is 5.69 Å². The molecule has 1 amide bonds. The standard InChI is InChI=1S/C20H22N4OS/c1-14-9-11-17(12-10-14)13-21-19(25)15(2)26-20-23-22-16(3)24(20)18-7-5-4-6-8-18/h4-12,15H,13H2,1-3H3,(H,21,25)/t15-/m1/s1. The summed E-state index contributed by atoms with van der Waals surface area (Å²) in [5, 5.41) is 11.8. The van der Waals surface area contributed by atoms with Gasteiger partial charge in [-0.15, -0.1) is 10.2 Å². The van der Waals surface area contributed by atoms with Crippen molar-refractivity contribution in [3.63, 3.8) is 0 Å². The van der Waals surface area contributed by atoms with Gasteiger partial charge in [-0.25, -0.2) is 0 Å². The summed E-state index contributed by atoms with van der Waals surface area (Å²) in [6, 6.07) is 18.1. The maximum atomic E-state index is 12.5. The highest BCUT2D eigenvalue weighted by molar-refractivity contribution is 8.00. The first-order chi connectivity index (χ1) is 12.5. The molecule has 0 saturated heterocycles. The lowest BCUT2D eigenvalue weighted by atomic mass is 10.1. The molecule has 0 fully saturated rings. The average Bonchev–Trinajstić information content (AvgIpc) is 3.01. The van der Waals surface area contributed by atoms with Crippen molar-refractivity contribution in [2.75, 3.05) is 0 Å². The average molecular weight is 366 g/mol. The number of nitrogens with zero attached hydrogens (tertiary/aromatic N) is 3. The fourth-order valence-corrected chi connectivity index (χ4v) is 3.48. The number of amides is 1. The third-order valence-corrected chi connectivity index (χ3v) is 5.09. The summed E-state index contributed by atoms with van der Waals surface area (Å²) in [5.41, 5.74) is 3.29. The van der Waals surface area contributed by atoms with Gasteiger partial charge >= 0.3 is 0 Å². The lowest BCUT2D eigenvalue weighted by Gasteiger charge is -2.13. The second kappa shape index (κ2) is 8.19. The smallest absolute Gasteiger partial charge is 0.233 e. The van der Waals surface area contributed by atoms with Crippen LogP contribution >= 0.6 is 11.8 Å². The Kier molecular flexibility index (Phi) is 5.73. The van der Waals surface area contributed by atoms with E-state index in [4.69, 9.17) is 0 Å². The van der Waals surface area contributed by atoms with Crippen molar-refractivity contribution in [2.24, 2.45) is 0 Å². The Labute approximate surface area is 157 Å². The van der Waals surface area contributed by atoms with Crippen molar-refractivity contribution in [3.05, 3.63) is 71.5 Å². The number of carbonyl (C=O) groups excluding carboxylic acids is 1. The van der Waals surface area contributed by atoms with Gasteiger partial charge in [-0.2, -0.15) is 0 Å². The SMILES string of the molecule is Cc1ccc(CNC(=O)[C@@H](C)Sc2nnc(C)n2-c2ccccc2)cc1. The normalized spacial score (nSPS) is 12.0. The number of thioether (sulfide) groups is 1. The summed E-state index contributed by atoms with van der Waals surface area (Å²) in [7, 11) is 0. The summed E-state index contributed by atoms with van der Waals surface area (Å²) in [6.45, 7) is 6.36. The number of aromatic nitrogens is 3. The van der Waals surface area contributed by atoms with E-state index in [1.807, 2.05) is 79.9 Å². The van der Waals surface area contributed by atoms with Crippen molar-refractivity contribution in [3.8, 4) is 5.69 Å². The van der Waals surface area contributed by atoms with Crippen LogP contribution in [0, 0.1) is 13.8 Å². The summed E-state index contributed by atoms with van der Waals surface area (Å²) >= 11 is 1.41. The molecule has 6 heteroatoms. The molecule has 1 atom stereocenters. The van der Waals surface area contributed by atoms with Crippen molar-refractivity contribution >= 4 is 17.7 Å². The molecule has 0 bridgehead atoms. The van der Waals surface area contributed by atoms with Gasteiger partial charge in [0, 0.05) is 12.2 Å². The van der Waals surface area contributed by atoms with E-state index < -0.39 is 0 Å². The monoisotopic (exact) mass is 366 g/mol. The van der Waals surface area contributed by atoms with E-state index in [1.54, 1.807) is 0 Å². The summed E-state index contributed by atoms with van der Waals surface area (Å²) in [4.78, 5) is 12.5. The van der Waals surface area contributed by atoms with E-state index >= 15 is 0 Å². The summed E-state index contributed by atoms with van der Waals surface area (Å²) in [5.74, 6) is 0.779. The molecule has 26 heavy (non-hydrogen) atoms. The first kappa shape index (κ1) is 18.2. The van der Waals surface area contributed by atoms with Gasteiger partial charge in [-0.1, -0.05) is 59.8 Å². The van der Waals surface area contributed by atoms with Crippen LogP contribution in [0.5, 0.6) is 0 Å². The van der Waals surface area contributed by atoms with Crippen LogP contribution in [-0.4, -0.2) is 25.9 Å². The number of hydrogen-bond donors (Lipinski definition) is 1. The highest BCUT2D eigenvalue weighted by atomic mass is 32.2. The second-order valence-corrected chi connectivity index (χ2v) is 7.47. The number of nitrogens with one attached hydrogen (secondary N) is 1. The van der Waals surface area contributed by atoms with Gasteiger partial charge in [0.2, 0.25) is 5.91 Å². The Morgan fingerprint density at radius 1 is 1.08 bits per heavy atom. The van der Waals surface area contributed by atoms with Crippen LogP contribution in [0.1, 0.15) is 23.9 Å². The Morgan fingerprint density at radius 2 is 1.77 bits per heavy atom. The predicted octanol–water partition coefficient (Wildman–Crippen LogP) is 3.68. The minimum absolute atomic E-state index is 0.0177. The quantitative estimate of drug-likeness (QED) is 0.676. The van der Waals surface area contributed by atoms with E-state index in [2.05, 4.69) is 15.5 Å². The minimum atomic E-state index is -0.272. The van der Waals surface area contributed by atoms with E-state index in [0.29, 0.717) is 11.7 Å². The Bertz CT molecular complexity index is 875. The topological polar surface area (TPSA) is 59.8 Å². The zero-order valence-corrected chi connectivity index (χ0v) is 16.0. The van der Waals surface area contributed by atoms with Crippen molar-refractivity contribution in [1.82, 2.24) is 20.1 Å². The highest BCUT2D eigenvalue weighted by Crippen LogP contribution is 2.25. The molecule has 3 rings (SSSR count). The lowest BCUT2D eigenvalue weighted by Crippen LogP contribution is -2.30. The largest absolute Gasteiger partial charge is 0.351 e. The predicted molar refractivity (Wildman–Crippen MR) is 104 cm³/mol. The number of benzene rings is 2. The van der Waals surface area contributed by atoms with Crippen molar-refractivity contribution in [2.45, 2.75) is 37.7 Å². The molecule has 5 nitrogen and oxygen atoms in total. The molecule has 0 aliphatic rings. The van der Waals surface area contributed by atoms with Crippen LogP contribution in [0.2, 0.25) is 0 Å². The van der Waals surface area contributed by atoms with Crippen LogP contribution in [-0.2, 0) is 11.3 Å². The Balaban J connectivity index is 1.65. The molecule has 0 radical (unpaired) electrons. The molecule has 2 aromatic carbocycles. The molecule has 0 aliphatic heterocycles. The maximum absolute atomic E-state index is 12.5. The molecular weight excluding hydrogens is 344 g/mol. The zero-order chi connectivity index (χ0) is 18.5. The number of carbonyl (C=O) groups is 1. The fourth-order valence-electron chi connectivity index (χ4n) is 2.54. The third-order valence-electron chi connectivity index (χ3n) is 4.05. The number of hydrogen-bond acceptors (Lipinski definition) is 4. The van der Waals surface area contributed by atoms with Crippen molar-refractivity contribution < 1.29 is 4.79 Å². The third kappa shape index (κ3) is 4.32. The lowest BCUT2D eigenvalue weighted by molar-refractivity contribution is -0.120. The zero-order valence-electron chi connectivity index (χ0n) is 15.1. The van der Waals surface area contributed by atoms with Gasteiger partial charge in [0.05, 0.1) is 5.25 Å². The molecule has 0 aliphatic carbocycles. The molecule has 0 saturated carbocycles. The molecule has 134 valence electrons. The van der Waals surface area contributed by atoms with E-state index in [0.717, 1.165) is 17.1 Å². The summed E-state index contributed by atoms with van der Waals surface area (Å²) < 4.78 is 1.97.